The van der Waals surface area contributed by atoms with Gasteiger partial charge in [-0.15, -0.1) is 0 Å². The zero-order valence-electron chi connectivity index (χ0n) is 13.9. The van der Waals surface area contributed by atoms with Crippen LogP contribution in [0.25, 0.3) is 0 Å². The van der Waals surface area contributed by atoms with E-state index in [0.717, 1.165) is 30.3 Å². The summed E-state index contributed by atoms with van der Waals surface area (Å²) in [4.78, 5) is 2.66. The maximum Gasteiger partial charge on any atom is 0.0107 e. The fraction of sp³-hybridized carbons (Fsp3) is 1.00. The first-order valence-electron chi connectivity index (χ1n) is 8.44. The van der Waals surface area contributed by atoms with Crippen molar-refractivity contribution in [3.8, 4) is 0 Å². The Labute approximate surface area is 121 Å². The van der Waals surface area contributed by atoms with Gasteiger partial charge in [0.05, 0.1) is 0 Å². The Kier molecular flexibility index (Phi) is 8.01. The Morgan fingerprint density at radius 2 is 1.42 bits per heavy atom. The van der Waals surface area contributed by atoms with Crippen molar-refractivity contribution < 1.29 is 0 Å². The van der Waals surface area contributed by atoms with Crippen LogP contribution in [0.4, 0.5) is 0 Å². The molecule has 0 saturated heterocycles. The van der Waals surface area contributed by atoms with E-state index in [1.165, 1.54) is 45.3 Å². The third-order valence-electron chi connectivity index (χ3n) is 4.27. The normalized spacial score (nSPS) is 17.7. The molecule has 0 aromatic rings. The maximum absolute atomic E-state index is 3.71. The Bertz CT molecular complexity index is 209. The first-order chi connectivity index (χ1) is 8.99. The van der Waals surface area contributed by atoms with E-state index in [9.17, 15) is 0 Å². The smallest absolute Gasteiger partial charge is 0.0107 e. The fourth-order valence-electron chi connectivity index (χ4n) is 2.43. The molecule has 19 heavy (non-hydrogen) atoms. The lowest BCUT2D eigenvalue weighted by Crippen LogP contribution is -2.38. The van der Waals surface area contributed by atoms with Crippen LogP contribution in [0.1, 0.15) is 60.3 Å². The van der Waals surface area contributed by atoms with Gasteiger partial charge >= 0.3 is 0 Å². The Balaban J connectivity index is 2.17. The summed E-state index contributed by atoms with van der Waals surface area (Å²) in [5.41, 5.74) is 0. The molecule has 1 saturated carbocycles. The van der Waals surface area contributed by atoms with E-state index >= 15 is 0 Å². The molecular weight excluding hydrogens is 232 g/mol. The summed E-state index contributed by atoms with van der Waals surface area (Å²) < 4.78 is 0. The first-order valence-corrected chi connectivity index (χ1v) is 8.44. The number of hydrogen-bond donors (Lipinski definition) is 1. The molecule has 2 nitrogen and oxygen atoms in total. The third-order valence-corrected chi connectivity index (χ3v) is 4.27. The van der Waals surface area contributed by atoms with Gasteiger partial charge in [-0.05, 0) is 63.5 Å². The highest BCUT2D eigenvalue weighted by Gasteiger charge is 2.27. The van der Waals surface area contributed by atoms with E-state index in [1.54, 1.807) is 0 Å². The average Bonchev–Trinajstić information content (AvgIpc) is 3.15. The summed E-state index contributed by atoms with van der Waals surface area (Å²) in [6.45, 7) is 16.6. The topological polar surface area (TPSA) is 15.3 Å². The molecule has 0 heterocycles. The summed E-state index contributed by atoms with van der Waals surface area (Å²) in [6, 6.07) is 0.733. The quantitative estimate of drug-likeness (QED) is 0.613. The summed E-state index contributed by atoms with van der Waals surface area (Å²) in [5, 5.41) is 3.71. The van der Waals surface area contributed by atoms with Crippen molar-refractivity contribution in [1.82, 2.24) is 10.2 Å². The lowest BCUT2D eigenvalue weighted by atomic mass is 10.1. The van der Waals surface area contributed by atoms with Crippen LogP contribution in [0.3, 0.4) is 0 Å². The molecule has 1 rings (SSSR count). The van der Waals surface area contributed by atoms with Gasteiger partial charge in [0.1, 0.15) is 0 Å². The van der Waals surface area contributed by atoms with Gasteiger partial charge in [0.2, 0.25) is 0 Å². The highest BCUT2D eigenvalue weighted by molar-refractivity contribution is 4.83. The van der Waals surface area contributed by atoms with E-state index in [0.29, 0.717) is 0 Å². The maximum atomic E-state index is 3.71. The van der Waals surface area contributed by atoms with Gasteiger partial charge in [0, 0.05) is 19.1 Å². The predicted molar refractivity (Wildman–Crippen MR) is 85.5 cm³/mol. The van der Waals surface area contributed by atoms with Crippen LogP contribution < -0.4 is 5.32 Å². The lowest BCUT2D eigenvalue weighted by molar-refractivity contribution is 0.239. The molecular formula is C17H36N2. The molecule has 1 aliphatic carbocycles. The summed E-state index contributed by atoms with van der Waals surface area (Å²) in [6.07, 6.45) is 5.55. The second kappa shape index (κ2) is 8.97. The summed E-state index contributed by atoms with van der Waals surface area (Å²) in [5.74, 6) is 2.61. The Morgan fingerprint density at radius 1 is 0.895 bits per heavy atom. The zero-order valence-corrected chi connectivity index (χ0v) is 13.9. The van der Waals surface area contributed by atoms with E-state index in [2.05, 4.69) is 44.8 Å². The fourth-order valence-corrected chi connectivity index (χ4v) is 2.43. The van der Waals surface area contributed by atoms with Crippen LogP contribution in [0.2, 0.25) is 0 Å². The monoisotopic (exact) mass is 268 g/mol. The molecule has 114 valence electrons. The SMILES string of the molecule is CC(C)CCN(CCNC(C)C1CC1)CCC(C)C. The molecule has 1 aliphatic rings. The van der Waals surface area contributed by atoms with Crippen LogP contribution in [0.5, 0.6) is 0 Å². The minimum Gasteiger partial charge on any atom is -0.313 e. The highest BCUT2D eigenvalue weighted by atomic mass is 15.1. The molecule has 0 amide bonds. The zero-order chi connectivity index (χ0) is 14.3. The molecule has 2 heteroatoms. The minimum absolute atomic E-state index is 0.733. The molecule has 0 aromatic heterocycles. The van der Waals surface area contributed by atoms with Crippen molar-refractivity contribution in [1.29, 1.82) is 0 Å². The van der Waals surface area contributed by atoms with Crippen molar-refractivity contribution in [3.05, 3.63) is 0 Å². The largest absolute Gasteiger partial charge is 0.313 e. The van der Waals surface area contributed by atoms with Crippen LogP contribution in [0, 0.1) is 17.8 Å². The van der Waals surface area contributed by atoms with Crippen molar-refractivity contribution >= 4 is 0 Å². The van der Waals surface area contributed by atoms with Gasteiger partial charge in [-0.1, -0.05) is 27.7 Å². The Hall–Kier alpha value is -0.0800. The van der Waals surface area contributed by atoms with Crippen LogP contribution in [-0.4, -0.2) is 37.1 Å². The van der Waals surface area contributed by atoms with Crippen molar-refractivity contribution in [2.24, 2.45) is 17.8 Å². The van der Waals surface area contributed by atoms with Gasteiger partial charge < -0.3 is 10.2 Å². The van der Waals surface area contributed by atoms with E-state index < -0.39 is 0 Å². The van der Waals surface area contributed by atoms with Crippen molar-refractivity contribution in [3.63, 3.8) is 0 Å². The second-order valence-corrected chi connectivity index (χ2v) is 7.29. The molecule has 0 spiro atoms. The number of hydrogen-bond acceptors (Lipinski definition) is 2. The predicted octanol–water partition coefficient (Wildman–Crippen LogP) is 3.77. The van der Waals surface area contributed by atoms with Crippen LogP contribution in [0.15, 0.2) is 0 Å². The number of nitrogens with zero attached hydrogens (tertiary/aromatic N) is 1. The molecule has 1 N–H and O–H groups in total. The van der Waals surface area contributed by atoms with Gasteiger partial charge in [0.15, 0.2) is 0 Å². The summed E-state index contributed by atoms with van der Waals surface area (Å²) >= 11 is 0. The lowest BCUT2D eigenvalue weighted by Gasteiger charge is -2.25. The third kappa shape index (κ3) is 8.65. The minimum atomic E-state index is 0.733. The van der Waals surface area contributed by atoms with E-state index in [-0.39, 0.29) is 0 Å². The van der Waals surface area contributed by atoms with Gasteiger partial charge in [0.25, 0.3) is 0 Å². The van der Waals surface area contributed by atoms with Crippen molar-refractivity contribution in [2.75, 3.05) is 26.2 Å². The van der Waals surface area contributed by atoms with E-state index in [1.807, 2.05) is 0 Å². The van der Waals surface area contributed by atoms with Gasteiger partial charge in [-0.25, -0.2) is 0 Å². The van der Waals surface area contributed by atoms with Gasteiger partial charge in [-0.2, -0.15) is 0 Å². The Morgan fingerprint density at radius 3 is 1.84 bits per heavy atom. The van der Waals surface area contributed by atoms with Crippen molar-refractivity contribution in [2.45, 2.75) is 66.3 Å². The highest BCUT2D eigenvalue weighted by Crippen LogP contribution is 2.32. The number of rotatable bonds is 11. The van der Waals surface area contributed by atoms with Crippen LogP contribution >= 0.6 is 0 Å². The molecule has 0 bridgehead atoms. The second-order valence-electron chi connectivity index (χ2n) is 7.29. The average molecular weight is 268 g/mol. The molecule has 0 aliphatic heterocycles. The van der Waals surface area contributed by atoms with Crippen LogP contribution in [-0.2, 0) is 0 Å². The molecule has 1 unspecified atom stereocenters. The summed E-state index contributed by atoms with van der Waals surface area (Å²) in [7, 11) is 0. The molecule has 1 atom stereocenters. The molecule has 0 radical (unpaired) electrons. The molecule has 0 aromatic carbocycles. The standard InChI is InChI=1S/C17H36N2/c1-14(2)8-11-19(12-9-15(3)4)13-10-18-16(5)17-6-7-17/h14-18H,6-13H2,1-5H3. The first kappa shape index (κ1) is 17.0. The molecule has 1 fully saturated rings. The number of nitrogens with one attached hydrogen (secondary N) is 1. The van der Waals surface area contributed by atoms with Gasteiger partial charge in [-0.3, -0.25) is 0 Å². The van der Waals surface area contributed by atoms with E-state index in [4.69, 9.17) is 0 Å².